The average molecular weight is 270 g/mol. The van der Waals surface area contributed by atoms with Crippen LogP contribution in [0, 0.1) is 6.92 Å². The van der Waals surface area contributed by atoms with Crippen LogP contribution in [-0.2, 0) is 19.0 Å². The van der Waals surface area contributed by atoms with Crippen molar-refractivity contribution < 1.29 is 17.3 Å². The van der Waals surface area contributed by atoms with Gasteiger partial charge in [0.05, 0.1) is 11.0 Å². The highest BCUT2D eigenvalue weighted by molar-refractivity contribution is 7.86. The van der Waals surface area contributed by atoms with Crippen LogP contribution in [0.4, 0.5) is 0 Å². The summed E-state index contributed by atoms with van der Waals surface area (Å²) in [6, 6.07) is 6.64. The molecule has 0 spiro atoms. The molecule has 0 bridgehead atoms. The van der Waals surface area contributed by atoms with Crippen LogP contribution in [-0.4, -0.2) is 27.2 Å². The fourth-order valence-electron chi connectivity index (χ4n) is 2.00. The number of aryl methyl sites for hydroxylation is 1. The smallest absolute Gasteiger partial charge is 0.297 e. The number of hydrogen-bond donors (Lipinski definition) is 0. The monoisotopic (exact) mass is 270 g/mol. The van der Waals surface area contributed by atoms with Crippen molar-refractivity contribution in [2.45, 2.75) is 43.8 Å². The summed E-state index contributed by atoms with van der Waals surface area (Å²) < 4.78 is 34.7. The summed E-state index contributed by atoms with van der Waals surface area (Å²) in [5, 5.41) is 0. The predicted molar refractivity (Wildman–Crippen MR) is 67.9 cm³/mol. The highest BCUT2D eigenvalue weighted by Gasteiger charge is 2.28. The van der Waals surface area contributed by atoms with E-state index in [1.807, 2.05) is 6.92 Å². The highest BCUT2D eigenvalue weighted by atomic mass is 32.2. The van der Waals surface area contributed by atoms with Crippen LogP contribution in [0.1, 0.15) is 25.3 Å². The van der Waals surface area contributed by atoms with Gasteiger partial charge in [-0.3, -0.25) is 4.18 Å². The highest BCUT2D eigenvalue weighted by Crippen LogP contribution is 2.22. The van der Waals surface area contributed by atoms with E-state index in [0.717, 1.165) is 18.4 Å². The summed E-state index contributed by atoms with van der Waals surface area (Å²) in [5.41, 5.74) is 1.01. The van der Waals surface area contributed by atoms with E-state index in [1.165, 1.54) is 0 Å². The lowest BCUT2D eigenvalue weighted by Crippen LogP contribution is -2.28. The molecule has 0 N–H and O–H groups in total. The molecule has 18 heavy (non-hydrogen) atoms. The maximum atomic E-state index is 12.0. The fraction of sp³-hybridized carbons (Fsp3) is 0.538. The lowest BCUT2D eigenvalue weighted by molar-refractivity contribution is 0.0245. The van der Waals surface area contributed by atoms with Gasteiger partial charge in [-0.25, -0.2) is 0 Å². The van der Waals surface area contributed by atoms with Gasteiger partial charge in [-0.15, -0.1) is 0 Å². The molecule has 0 saturated carbocycles. The predicted octanol–water partition coefficient (Wildman–Crippen LogP) is 2.27. The van der Waals surface area contributed by atoms with E-state index < -0.39 is 16.2 Å². The Labute approximate surface area is 108 Å². The molecule has 1 aromatic rings. The normalized spacial score (nSPS) is 22.0. The van der Waals surface area contributed by atoms with Gasteiger partial charge in [0.2, 0.25) is 0 Å². The Hall–Kier alpha value is -0.910. The second-order valence-corrected chi connectivity index (χ2v) is 6.19. The molecule has 1 fully saturated rings. The third-order valence-electron chi connectivity index (χ3n) is 3.08. The van der Waals surface area contributed by atoms with E-state index in [-0.39, 0.29) is 11.0 Å². The Kier molecular flexibility index (Phi) is 4.04. The van der Waals surface area contributed by atoms with E-state index in [0.29, 0.717) is 6.61 Å². The van der Waals surface area contributed by atoms with Crippen LogP contribution < -0.4 is 0 Å². The zero-order chi connectivity index (χ0) is 13.2. The van der Waals surface area contributed by atoms with Crippen molar-refractivity contribution in [2.75, 3.05) is 6.61 Å². The van der Waals surface area contributed by atoms with Gasteiger partial charge in [-0.2, -0.15) is 8.42 Å². The molecule has 100 valence electrons. The van der Waals surface area contributed by atoms with Gasteiger partial charge in [0.15, 0.2) is 0 Å². The van der Waals surface area contributed by atoms with Crippen molar-refractivity contribution in [2.24, 2.45) is 0 Å². The molecule has 2 atom stereocenters. The van der Waals surface area contributed by atoms with E-state index in [9.17, 15) is 8.42 Å². The first kappa shape index (κ1) is 13.5. The van der Waals surface area contributed by atoms with Crippen molar-refractivity contribution >= 4 is 10.1 Å². The first-order valence-corrected chi connectivity index (χ1v) is 7.51. The number of ether oxygens (including phenoxy) is 1. The fourth-order valence-corrected chi connectivity index (χ4v) is 3.10. The first-order valence-electron chi connectivity index (χ1n) is 6.10. The lowest BCUT2D eigenvalue weighted by Gasteiger charge is -2.18. The summed E-state index contributed by atoms with van der Waals surface area (Å²) in [5.74, 6) is 0. The summed E-state index contributed by atoms with van der Waals surface area (Å²) in [7, 11) is -3.69. The van der Waals surface area contributed by atoms with E-state index >= 15 is 0 Å². The third-order valence-corrected chi connectivity index (χ3v) is 4.48. The molecule has 4 nitrogen and oxygen atoms in total. The van der Waals surface area contributed by atoms with Crippen molar-refractivity contribution in [3.05, 3.63) is 29.8 Å². The van der Waals surface area contributed by atoms with Gasteiger partial charge >= 0.3 is 0 Å². The minimum absolute atomic E-state index is 0.120. The second-order valence-electron chi connectivity index (χ2n) is 4.62. The zero-order valence-corrected chi connectivity index (χ0v) is 11.4. The van der Waals surface area contributed by atoms with Crippen LogP contribution in [0.3, 0.4) is 0 Å². The topological polar surface area (TPSA) is 52.6 Å². The van der Waals surface area contributed by atoms with Gasteiger partial charge in [0.25, 0.3) is 10.1 Å². The Bertz CT molecular complexity index is 486. The standard InChI is InChI=1S/C13H18O4S/c1-10-5-7-12(8-6-10)18(14,15)17-11(2)13-4-3-9-16-13/h5-8,11,13H,3-4,9H2,1-2H3/t11?,13-/m0/s1. The molecular formula is C13H18O4S. The molecule has 1 unspecified atom stereocenters. The Morgan fingerprint density at radius 2 is 2.00 bits per heavy atom. The lowest BCUT2D eigenvalue weighted by atomic mass is 10.2. The van der Waals surface area contributed by atoms with Crippen molar-refractivity contribution in [1.82, 2.24) is 0 Å². The number of rotatable bonds is 4. The van der Waals surface area contributed by atoms with E-state index in [1.54, 1.807) is 31.2 Å². The maximum absolute atomic E-state index is 12.0. The quantitative estimate of drug-likeness (QED) is 0.788. The molecule has 1 heterocycles. The molecule has 0 aliphatic carbocycles. The summed E-state index contributed by atoms with van der Waals surface area (Å²) >= 11 is 0. The Morgan fingerprint density at radius 1 is 1.33 bits per heavy atom. The second kappa shape index (κ2) is 5.38. The third kappa shape index (κ3) is 3.10. The van der Waals surface area contributed by atoms with Gasteiger partial charge < -0.3 is 4.74 Å². The molecule has 0 radical (unpaired) electrons. The molecule has 1 saturated heterocycles. The summed E-state index contributed by atoms with van der Waals surface area (Å²) in [6.07, 6.45) is 1.25. The molecular weight excluding hydrogens is 252 g/mol. The molecule has 0 amide bonds. The molecule has 5 heteroatoms. The average Bonchev–Trinajstić information content (AvgIpc) is 2.82. The largest absolute Gasteiger partial charge is 0.375 e. The van der Waals surface area contributed by atoms with Gasteiger partial charge in [-0.1, -0.05) is 17.7 Å². The molecule has 1 aromatic carbocycles. The van der Waals surface area contributed by atoms with Crippen molar-refractivity contribution in [3.8, 4) is 0 Å². The van der Waals surface area contributed by atoms with Crippen LogP contribution in [0.15, 0.2) is 29.2 Å². The maximum Gasteiger partial charge on any atom is 0.297 e. The molecule has 0 aromatic heterocycles. The van der Waals surface area contributed by atoms with Crippen LogP contribution in [0.5, 0.6) is 0 Å². The van der Waals surface area contributed by atoms with Crippen LogP contribution >= 0.6 is 0 Å². The molecule has 2 rings (SSSR count). The summed E-state index contributed by atoms with van der Waals surface area (Å²) in [4.78, 5) is 0.193. The first-order chi connectivity index (χ1) is 8.49. The molecule has 1 aliphatic heterocycles. The van der Waals surface area contributed by atoms with Crippen LogP contribution in [0.25, 0.3) is 0 Å². The van der Waals surface area contributed by atoms with Crippen LogP contribution in [0.2, 0.25) is 0 Å². The van der Waals surface area contributed by atoms with Gasteiger partial charge in [0.1, 0.15) is 6.10 Å². The zero-order valence-electron chi connectivity index (χ0n) is 10.6. The molecule has 1 aliphatic rings. The van der Waals surface area contributed by atoms with Gasteiger partial charge in [0, 0.05) is 6.61 Å². The Morgan fingerprint density at radius 3 is 2.56 bits per heavy atom. The Balaban J connectivity index is 2.09. The van der Waals surface area contributed by atoms with Crippen molar-refractivity contribution in [1.29, 1.82) is 0 Å². The number of hydrogen-bond acceptors (Lipinski definition) is 4. The minimum Gasteiger partial charge on any atom is -0.375 e. The van der Waals surface area contributed by atoms with Crippen molar-refractivity contribution in [3.63, 3.8) is 0 Å². The number of benzene rings is 1. The SMILES string of the molecule is Cc1ccc(S(=O)(=O)OC(C)[C@@H]2CCCO2)cc1. The summed E-state index contributed by atoms with van der Waals surface area (Å²) in [6.45, 7) is 4.33. The van der Waals surface area contributed by atoms with E-state index in [2.05, 4.69) is 0 Å². The van der Waals surface area contributed by atoms with Gasteiger partial charge in [-0.05, 0) is 38.8 Å². The minimum atomic E-state index is -3.69. The van der Waals surface area contributed by atoms with E-state index in [4.69, 9.17) is 8.92 Å².